The first-order chi connectivity index (χ1) is 8.75. The second-order valence-corrected chi connectivity index (χ2v) is 4.99. The van der Waals surface area contributed by atoms with Crippen LogP contribution >= 0.6 is 0 Å². The van der Waals surface area contributed by atoms with Gasteiger partial charge in [0.2, 0.25) is 0 Å². The maximum absolute atomic E-state index is 13.4. The summed E-state index contributed by atoms with van der Waals surface area (Å²) in [5.41, 5.74) is -0.614. The smallest absolute Gasteiger partial charge is 0.317 e. The van der Waals surface area contributed by atoms with Crippen LogP contribution in [0.2, 0.25) is 0 Å². The summed E-state index contributed by atoms with van der Waals surface area (Å²) in [6.07, 6.45) is -3.31. The van der Waals surface area contributed by atoms with E-state index in [0.717, 1.165) is 18.6 Å². The zero-order valence-electron chi connectivity index (χ0n) is 11.3. The maximum Gasteiger partial charge on any atom is 0.419 e. The van der Waals surface area contributed by atoms with Gasteiger partial charge in [0.05, 0.1) is 5.56 Å². The first kappa shape index (κ1) is 16.0. The van der Waals surface area contributed by atoms with Crippen LogP contribution in [0.5, 0.6) is 0 Å². The molecule has 1 atom stereocenters. The molecule has 0 fully saturated rings. The molecule has 1 unspecified atom stereocenters. The lowest BCUT2D eigenvalue weighted by atomic mass is 9.96. The van der Waals surface area contributed by atoms with Crippen molar-refractivity contribution in [2.24, 2.45) is 5.92 Å². The number of hydrogen-bond donors (Lipinski definition) is 1. The fourth-order valence-electron chi connectivity index (χ4n) is 2.08. The second-order valence-electron chi connectivity index (χ2n) is 4.99. The standard InChI is InChI=1S/C14H19F4N/c1-9(2)13(19-3)7-5-10-4-6-11(12(15)8-10)14(16,17)18/h4,6,8-9,13,19H,5,7H2,1-3H3. The molecule has 19 heavy (non-hydrogen) atoms. The monoisotopic (exact) mass is 277 g/mol. The maximum atomic E-state index is 13.4. The Morgan fingerprint density at radius 1 is 1.21 bits per heavy atom. The lowest BCUT2D eigenvalue weighted by molar-refractivity contribution is -0.140. The summed E-state index contributed by atoms with van der Waals surface area (Å²) in [6, 6.07) is 3.41. The Balaban J connectivity index is 2.74. The molecule has 0 amide bonds. The lowest BCUT2D eigenvalue weighted by Gasteiger charge is -2.20. The molecule has 0 aliphatic rings. The number of aryl methyl sites for hydroxylation is 1. The predicted molar refractivity (Wildman–Crippen MR) is 67.4 cm³/mol. The average Bonchev–Trinajstić information content (AvgIpc) is 2.27. The van der Waals surface area contributed by atoms with E-state index < -0.39 is 17.6 Å². The van der Waals surface area contributed by atoms with E-state index in [-0.39, 0.29) is 6.04 Å². The van der Waals surface area contributed by atoms with E-state index in [1.807, 2.05) is 7.05 Å². The van der Waals surface area contributed by atoms with Gasteiger partial charge in [-0.05, 0) is 43.5 Å². The van der Waals surface area contributed by atoms with Gasteiger partial charge in [-0.2, -0.15) is 13.2 Å². The molecular weight excluding hydrogens is 258 g/mol. The van der Waals surface area contributed by atoms with Crippen molar-refractivity contribution < 1.29 is 17.6 Å². The van der Waals surface area contributed by atoms with E-state index in [9.17, 15) is 17.6 Å². The summed E-state index contributed by atoms with van der Waals surface area (Å²) in [6.45, 7) is 4.13. The molecule has 1 N–H and O–H groups in total. The van der Waals surface area contributed by atoms with E-state index in [2.05, 4.69) is 19.2 Å². The summed E-state index contributed by atoms with van der Waals surface area (Å²) >= 11 is 0. The van der Waals surface area contributed by atoms with Crippen LogP contribution in [0.3, 0.4) is 0 Å². The SMILES string of the molecule is CNC(CCc1ccc(C(F)(F)F)c(F)c1)C(C)C. The summed E-state index contributed by atoms with van der Waals surface area (Å²) in [5, 5.41) is 3.15. The van der Waals surface area contributed by atoms with Crippen LogP contribution in [0.25, 0.3) is 0 Å². The molecule has 1 nitrogen and oxygen atoms in total. The van der Waals surface area contributed by atoms with Crippen molar-refractivity contribution in [3.05, 3.63) is 35.1 Å². The van der Waals surface area contributed by atoms with Crippen molar-refractivity contribution in [2.45, 2.75) is 38.9 Å². The van der Waals surface area contributed by atoms with Crippen LogP contribution in [-0.2, 0) is 12.6 Å². The third kappa shape index (κ3) is 4.49. The normalized spacial score (nSPS) is 13.9. The minimum atomic E-state index is -4.63. The Morgan fingerprint density at radius 3 is 2.26 bits per heavy atom. The largest absolute Gasteiger partial charge is 0.419 e. The molecule has 0 radical (unpaired) electrons. The molecule has 1 aromatic carbocycles. The molecule has 5 heteroatoms. The van der Waals surface area contributed by atoms with E-state index >= 15 is 0 Å². The summed E-state index contributed by atoms with van der Waals surface area (Å²) in [5.74, 6) is -0.778. The van der Waals surface area contributed by atoms with E-state index in [0.29, 0.717) is 17.9 Å². The van der Waals surface area contributed by atoms with Crippen LogP contribution in [0.4, 0.5) is 17.6 Å². The van der Waals surface area contributed by atoms with Crippen LogP contribution in [-0.4, -0.2) is 13.1 Å². The van der Waals surface area contributed by atoms with Gasteiger partial charge in [-0.3, -0.25) is 0 Å². The van der Waals surface area contributed by atoms with Crippen LogP contribution in [0, 0.1) is 11.7 Å². The number of alkyl halides is 3. The van der Waals surface area contributed by atoms with E-state index in [1.54, 1.807) is 0 Å². The third-order valence-electron chi connectivity index (χ3n) is 3.26. The number of halogens is 4. The highest BCUT2D eigenvalue weighted by atomic mass is 19.4. The molecule has 108 valence electrons. The van der Waals surface area contributed by atoms with Gasteiger partial charge < -0.3 is 5.32 Å². The van der Waals surface area contributed by atoms with Crippen molar-refractivity contribution >= 4 is 0 Å². The fourth-order valence-corrected chi connectivity index (χ4v) is 2.08. The molecule has 0 saturated carbocycles. The molecular formula is C14H19F4N. The summed E-state index contributed by atoms with van der Waals surface area (Å²) in [7, 11) is 1.85. The number of hydrogen-bond acceptors (Lipinski definition) is 1. The number of nitrogens with one attached hydrogen (secondary N) is 1. The molecule has 0 bridgehead atoms. The first-order valence-electron chi connectivity index (χ1n) is 6.28. The van der Waals surface area contributed by atoms with Gasteiger partial charge in [0.25, 0.3) is 0 Å². The van der Waals surface area contributed by atoms with Gasteiger partial charge in [0, 0.05) is 6.04 Å². The Bertz CT molecular complexity index is 412. The zero-order valence-corrected chi connectivity index (χ0v) is 11.3. The summed E-state index contributed by atoms with van der Waals surface area (Å²) < 4.78 is 50.6. The van der Waals surface area contributed by atoms with Crippen molar-refractivity contribution in [1.82, 2.24) is 5.32 Å². The van der Waals surface area contributed by atoms with Crippen LogP contribution in [0.15, 0.2) is 18.2 Å². The van der Waals surface area contributed by atoms with Crippen LogP contribution < -0.4 is 5.32 Å². The van der Waals surface area contributed by atoms with Crippen molar-refractivity contribution in [1.29, 1.82) is 0 Å². The Morgan fingerprint density at radius 2 is 1.84 bits per heavy atom. The number of rotatable bonds is 5. The molecule has 0 heterocycles. The minimum absolute atomic E-state index is 0.269. The van der Waals surface area contributed by atoms with Crippen molar-refractivity contribution in [3.8, 4) is 0 Å². The van der Waals surface area contributed by atoms with Gasteiger partial charge in [-0.15, -0.1) is 0 Å². The topological polar surface area (TPSA) is 12.0 Å². The van der Waals surface area contributed by atoms with Gasteiger partial charge in [0.1, 0.15) is 5.82 Å². The van der Waals surface area contributed by atoms with Crippen LogP contribution in [0.1, 0.15) is 31.4 Å². The zero-order chi connectivity index (χ0) is 14.6. The first-order valence-corrected chi connectivity index (χ1v) is 6.28. The molecule has 1 aromatic rings. The molecule has 1 rings (SSSR count). The van der Waals surface area contributed by atoms with Gasteiger partial charge >= 0.3 is 6.18 Å². The highest BCUT2D eigenvalue weighted by Gasteiger charge is 2.33. The average molecular weight is 277 g/mol. The lowest BCUT2D eigenvalue weighted by Crippen LogP contribution is -2.31. The Kier molecular flexibility index (Phi) is 5.35. The van der Waals surface area contributed by atoms with Gasteiger partial charge in [0.15, 0.2) is 0 Å². The van der Waals surface area contributed by atoms with Crippen molar-refractivity contribution in [2.75, 3.05) is 7.05 Å². The summed E-state index contributed by atoms with van der Waals surface area (Å²) in [4.78, 5) is 0. The van der Waals surface area contributed by atoms with Gasteiger partial charge in [-0.1, -0.05) is 19.9 Å². The Labute approximate surface area is 111 Å². The van der Waals surface area contributed by atoms with Gasteiger partial charge in [-0.25, -0.2) is 4.39 Å². The molecule has 0 aromatic heterocycles. The highest BCUT2D eigenvalue weighted by Crippen LogP contribution is 2.31. The second kappa shape index (κ2) is 6.37. The molecule has 0 saturated heterocycles. The molecule has 0 aliphatic heterocycles. The quantitative estimate of drug-likeness (QED) is 0.801. The molecule has 0 aliphatic carbocycles. The predicted octanol–water partition coefficient (Wildman–Crippen LogP) is 4.02. The van der Waals surface area contributed by atoms with E-state index in [1.165, 1.54) is 6.07 Å². The molecule has 0 spiro atoms. The Hall–Kier alpha value is -1.10. The van der Waals surface area contributed by atoms with E-state index in [4.69, 9.17) is 0 Å². The third-order valence-corrected chi connectivity index (χ3v) is 3.26. The minimum Gasteiger partial charge on any atom is -0.317 e. The van der Waals surface area contributed by atoms with Crippen molar-refractivity contribution in [3.63, 3.8) is 0 Å². The fraction of sp³-hybridized carbons (Fsp3) is 0.571. The number of benzene rings is 1. The highest BCUT2D eigenvalue weighted by molar-refractivity contribution is 5.26.